The van der Waals surface area contributed by atoms with Crippen LogP contribution in [0.5, 0.6) is 0 Å². The van der Waals surface area contributed by atoms with Gasteiger partial charge in [0.2, 0.25) is 0 Å². The molecule has 0 aromatic rings. The van der Waals surface area contributed by atoms with E-state index in [1.54, 1.807) is 0 Å². The summed E-state index contributed by atoms with van der Waals surface area (Å²) in [7, 11) is -17.4. The highest BCUT2D eigenvalue weighted by molar-refractivity contribution is 7.87. The van der Waals surface area contributed by atoms with E-state index in [4.69, 9.17) is 0 Å². The molecule has 3 heterocycles. The fraction of sp³-hybridized carbons (Fsp3) is 0.909. The zero-order chi connectivity index (χ0) is 23.8. The van der Waals surface area contributed by atoms with Crippen LogP contribution >= 0.6 is 0 Å². The molecule has 0 spiro atoms. The van der Waals surface area contributed by atoms with Crippen LogP contribution in [0.15, 0.2) is 0 Å². The largest absolute Gasteiger partial charge is 0.509 e. The maximum absolute atomic E-state index is 12.1. The van der Waals surface area contributed by atoms with Gasteiger partial charge in [-0.25, -0.2) is 21.5 Å². The predicted octanol–water partition coefficient (Wildman–Crippen LogP) is -3.10. The minimum absolute atomic E-state index is 0.478. The number of carbonyl (C=O) groups is 1. The molecule has 32 heavy (non-hydrogen) atoms. The van der Waals surface area contributed by atoms with E-state index < -0.39 is 110 Å². The molecule has 0 saturated carbocycles. The maximum Gasteiger partial charge on any atom is 0.509 e. The lowest BCUT2D eigenvalue weighted by Gasteiger charge is -2.16. The highest BCUT2D eigenvalue weighted by Gasteiger charge is 2.44. The first-order valence-corrected chi connectivity index (χ1v) is 14.2. The Labute approximate surface area is 182 Å². The molecule has 0 aromatic carbocycles. The first-order valence-electron chi connectivity index (χ1n) is 8.40. The minimum Gasteiger partial charge on any atom is -0.426 e. The average Bonchev–Trinajstić information content (AvgIpc) is 3.27. The average molecular weight is 549 g/mol. The molecule has 21 heteroatoms. The molecule has 3 aliphatic rings. The quantitative estimate of drug-likeness (QED) is 0.194. The van der Waals surface area contributed by atoms with Gasteiger partial charge in [0.1, 0.15) is 23.7 Å². The van der Waals surface area contributed by atoms with Gasteiger partial charge in [-0.3, -0.25) is 8.37 Å². The lowest BCUT2D eigenvalue weighted by Crippen LogP contribution is -2.37. The Morgan fingerprint density at radius 2 is 1.12 bits per heavy atom. The lowest BCUT2D eigenvalue weighted by atomic mass is 10.3. The van der Waals surface area contributed by atoms with Crippen molar-refractivity contribution in [3.05, 3.63) is 0 Å². The molecule has 3 fully saturated rings. The molecule has 0 amide bonds. The zero-order valence-electron chi connectivity index (χ0n) is 15.6. The Bertz CT molecular complexity index is 1050. The van der Waals surface area contributed by atoms with E-state index in [0.29, 0.717) is 0 Å². The van der Waals surface area contributed by atoms with Gasteiger partial charge in [-0.2, -0.15) is 33.7 Å². The van der Waals surface area contributed by atoms with Gasteiger partial charge in [0.05, 0.1) is 26.4 Å². The van der Waals surface area contributed by atoms with Gasteiger partial charge in [-0.05, 0) is 0 Å². The maximum atomic E-state index is 12.1. The van der Waals surface area contributed by atoms with Crippen molar-refractivity contribution in [3.8, 4) is 0 Å². The number of ether oxygens (including phenoxy) is 2. The van der Waals surface area contributed by atoms with Crippen LogP contribution in [0.25, 0.3) is 0 Å². The summed E-state index contributed by atoms with van der Waals surface area (Å²) in [5.41, 5.74) is 0. The monoisotopic (exact) mass is 548 g/mol. The second kappa shape index (κ2) is 9.23. The van der Waals surface area contributed by atoms with Crippen LogP contribution in [0.2, 0.25) is 0 Å². The first kappa shape index (κ1) is 25.5. The summed E-state index contributed by atoms with van der Waals surface area (Å²) in [6.45, 7) is -2.42. The fourth-order valence-corrected chi connectivity index (χ4v) is 6.40. The second-order valence-corrected chi connectivity index (χ2v) is 12.3. The highest BCUT2D eigenvalue weighted by Crippen LogP contribution is 2.22. The third-order valence-corrected chi connectivity index (χ3v) is 8.15. The van der Waals surface area contributed by atoms with Gasteiger partial charge in [0.25, 0.3) is 20.2 Å². The van der Waals surface area contributed by atoms with Crippen LogP contribution in [-0.2, 0) is 75.6 Å². The van der Waals surface area contributed by atoms with E-state index in [9.17, 15) is 38.5 Å². The normalized spacial score (nSPS) is 31.9. The SMILES string of the molecule is O=C1OC(CS(=O)(=O)OCC2COS(=O)(=O)O2)C(CS(=O)(=O)OCC2COS(=O)(=O)O2)O1. The third kappa shape index (κ3) is 7.43. The second-order valence-electron chi connectivity index (χ2n) is 6.40. The fourth-order valence-electron chi connectivity index (χ4n) is 2.48. The summed E-state index contributed by atoms with van der Waals surface area (Å²) in [6.07, 6.45) is -7.02. The highest BCUT2D eigenvalue weighted by atomic mass is 32.3. The van der Waals surface area contributed by atoms with Crippen molar-refractivity contribution in [1.82, 2.24) is 0 Å². The van der Waals surface area contributed by atoms with Gasteiger partial charge >= 0.3 is 27.0 Å². The lowest BCUT2D eigenvalue weighted by molar-refractivity contribution is 0.117. The standard InChI is InChI=1S/C11H16O17S4/c12-11-25-9(5-29(13,14)21-1-7-3-23-31(17,18)27-7)10(26-11)6-30(15,16)22-2-8-4-24-32(19,20)28-8/h7-10H,1-6H2. The summed E-state index contributed by atoms with van der Waals surface area (Å²) in [6, 6.07) is 0. The molecule has 17 nitrogen and oxygen atoms in total. The van der Waals surface area contributed by atoms with Gasteiger partial charge in [0, 0.05) is 0 Å². The summed E-state index contributed by atoms with van der Waals surface area (Å²) >= 11 is 0. The van der Waals surface area contributed by atoms with E-state index in [-0.39, 0.29) is 0 Å². The smallest absolute Gasteiger partial charge is 0.426 e. The molecule has 0 radical (unpaired) electrons. The van der Waals surface area contributed by atoms with Crippen LogP contribution in [0.4, 0.5) is 4.79 Å². The Morgan fingerprint density at radius 3 is 1.44 bits per heavy atom. The number of hydrogen-bond donors (Lipinski definition) is 0. The van der Waals surface area contributed by atoms with Crippen molar-refractivity contribution in [1.29, 1.82) is 0 Å². The van der Waals surface area contributed by atoms with Crippen molar-refractivity contribution in [3.63, 3.8) is 0 Å². The Hall–Kier alpha value is -1.17. The van der Waals surface area contributed by atoms with Crippen LogP contribution in [-0.4, -0.2) is 102 Å². The summed E-state index contributed by atoms with van der Waals surface area (Å²) in [4.78, 5) is 11.4. The van der Waals surface area contributed by atoms with E-state index >= 15 is 0 Å². The van der Waals surface area contributed by atoms with E-state index in [2.05, 4.69) is 34.6 Å². The predicted molar refractivity (Wildman–Crippen MR) is 94.1 cm³/mol. The topological polar surface area (TPSA) is 227 Å². The molecule has 0 aliphatic carbocycles. The van der Waals surface area contributed by atoms with Gasteiger partial charge in [-0.15, -0.1) is 0 Å². The minimum atomic E-state index is -4.47. The molecule has 3 saturated heterocycles. The van der Waals surface area contributed by atoms with Crippen LogP contribution in [0, 0.1) is 0 Å². The molecule has 0 N–H and O–H groups in total. The molecule has 4 atom stereocenters. The number of cyclic esters (lactones) is 2. The van der Waals surface area contributed by atoms with Gasteiger partial charge in [-0.1, -0.05) is 0 Å². The zero-order valence-corrected chi connectivity index (χ0v) is 18.9. The molecule has 3 aliphatic heterocycles. The molecule has 0 aromatic heterocycles. The van der Waals surface area contributed by atoms with Gasteiger partial charge in [0.15, 0.2) is 12.2 Å². The van der Waals surface area contributed by atoms with Crippen molar-refractivity contribution in [2.45, 2.75) is 24.4 Å². The molecular weight excluding hydrogens is 532 g/mol. The van der Waals surface area contributed by atoms with Crippen molar-refractivity contribution < 1.29 is 73.0 Å². The molecule has 0 bridgehead atoms. The van der Waals surface area contributed by atoms with E-state index in [1.807, 2.05) is 0 Å². The molecule has 186 valence electrons. The first-order chi connectivity index (χ1) is 14.6. The molecular formula is C11H16O17S4. The summed E-state index contributed by atoms with van der Waals surface area (Å²) < 4.78 is 128. The van der Waals surface area contributed by atoms with E-state index in [0.717, 1.165) is 0 Å². The van der Waals surface area contributed by atoms with Crippen LogP contribution in [0.1, 0.15) is 0 Å². The number of carbonyl (C=O) groups excluding carboxylic acids is 1. The number of hydrogen-bond acceptors (Lipinski definition) is 17. The Morgan fingerprint density at radius 1 is 0.750 bits per heavy atom. The van der Waals surface area contributed by atoms with Crippen molar-refractivity contribution in [2.75, 3.05) is 37.9 Å². The summed E-state index contributed by atoms with van der Waals surface area (Å²) in [5.74, 6) is -2.06. The van der Waals surface area contributed by atoms with Crippen molar-refractivity contribution in [2.24, 2.45) is 0 Å². The van der Waals surface area contributed by atoms with Crippen LogP contribution < -0.4 is 0 Å². The van der Waals surface area contributed by atoms with E-state index in [1.165, 1.54) is 0 Å². The summed E-state index contributed by atoms with van der Waals surface area (Å²) in [5, 5.41) is 0. The van der Waals surface area contributed by atoms with Gasteiger partial charge < -0.3 is 9.47 Å². The molecule has 4 unspecified atom stereocenters. The third-order valence-electron chi connectivity index (χ3n) is 3.82. The van der Waals surface area contributed by atoms with Crippen molar-refractivity contribution >= 4 is 47.2 Å². The Kier molecular flexibility index (Phi) is 7.34. The Balaban J connectivity index is 1.53. The number of rotatable bonds is 10. The van der Waals surface area contributed by atoms with Crippen LogP contribution in [0.3, 0.4) is 0 Å². The molecule has 3 rings (SSSR count).